The molecule has 1 aromatic rings. The molecule has 0 aliphatic carbocycles. The summed E-state index contributed by atoms with van der Waals surface area (Å²) >= 11 is 0. The molecule has 0 radical (unpaired) electrons. The van der Waals surface area contributed by atoms with Gasteiger partial charge in [-0.05, 0) is 6.07 Å². The van der Waals surface area contributed by atoms with Gasteiger partial charge >= 0.3 is 6.09 Å². The second-order valence-electron chi connectivity index (χ2n) is 3.48. The fourth-order valence-corrected chi connectivity index (χ4v) is 1.77. The topological polar surface area (TPSA) is 47.6 Å². The van der Waals surface area contributed by atoms with Crippen molar-refractivity contribution in [3.05, 3.63) is 29.6 Å². The number of para-hydroxylation sites is 1. The number of halogens is 1. The lowest BCUT2D eigenvalue weighted by molar-refractivity contribution is 0.115. The summed E-state index contributed by atoms with van der Waals surface area (Å²) in [5.74, 6) is -0.254. The molecule has 1 N–H and O–H groups in total. The Labute approximate surface area is 92.4 Å². The average molecular weight is 225 g/mol. The molecule has 2 rings (SSSR count). The molecule has 0 spiro atoms. The van der Waals surface area contributed by atoms with Gasteiger partial charge in [-0.2, -0.15) is 0 Å². The van der Waals surface area contributed by atoms with Crippen LogP contribution in [0.1, 0.15) is 18.0 Å². The molecule has 0 aromatic heterocycles. The zero-order chi connectivity index (χ0) is 11.5. The van der Waals surface area contributed by atoms with Crippen molar-refractivity contribution >= 4 is 6.09 Å². The molecule has 1 amide bonds. The molecule has 0 bridgehead atoms. The third-order valence-electron chi connectivity index (χ3n) is 2.51. The van der Waals surface area contributed by atoms with Crippen molar-refractivity contribution in [2.75, 3.05) is 13.7 Å². The fourth-order valence-electron chi connectivity index (χ4n) is 1.77. The van der Waals surface area contributed by atoms with E-state index >= 15 is 0 Å². The molecular formula is C11H12FNO3. The molecule has 86 valence electrons. The van der Waals surface area contributed by atoms with E-state index in [-0.39, 0.29) is 11.8 Å². The minimum atomic E-state index is -0.484. The molecule has 0 unspecified atom stereocenters. The predicted octanol–water partition coefficient (Wildman–Crippen LogP) is 2.01. The number of rotatable bonds is 2. The van der Waals surface area contributed by atoms with Gasteiger partial charge in [-0.15, -0.1) is 0 Å². The van der Waals surface area contributed by atoms with E-state index < -0.39 is 11.9 Å². The molecule has 5 heteroatoms. The summed E-state index contributed by atoms with van der Waals surface area (Å²) < 4.78 is 23.2. The Morgan fingerprint density at radius 2 is 2.38 bits per heavy atom. The lowest BCUT2D eigenvalue weighted by atomic mass is 10.0. The van der Waals surface area contributed by atoms with Crippen LogP contribution in [0.4, 0.5) is 9.18 Å². The predicted molar refractivity (Wildman–Crippen MR) is 54.8 cm³/mol. The van der Waals surface area contributed by atoms with E-state index in [1.165, 1.54) is 13.2 Å². The zero-order valence-electron chi connectivity index (χ0n) is 8.83. The molecule has 1 atom stereocenters. The van der Waals surface area contributed by atoms with E-state index in [0.29, 0.717) is 18.6 Å². The Morgan fingerprint density at radius 3 is 3.06 bits per heavy atom. The number of alkyl carbamates (subject to hydrolysis) is 1. The number of nitrogens with one attached hydrogen (secondary N) is 1. The van der Waals surface area contributed by atoms with Gasteiger partial charge in [-0.3, -0.25) is 0 Å². The number of carbonyl (C=O) groups excluding carboxylic acids is 1. The average Bonchev–Trinajstić information content (AvgIpc) is 2.28. The highest BCUT2D eigenvalue weighted by Crippen LogP contribution is 2.30. The molecule has 1 aliphatic heterocycles. The normalized spacial score (nSPS) is 19.9. The van der Waals surface area contributed by atoms with Gasteiger partial charge in [-0.25, -0.2) is 9.18 Å². The molecule has 1 fully saturated rings. The van der Waals surface area contributed by atoms with Crippen LogP contribution in [0.5, 0.6) is 5.75 Å². The third kappa shape index (κ3) is 1.93. The first-order chi connectivity index (χ1) is 7.72. The standard InChI is InChI=1S/C11H12FNO3/c1-15-10-7(3-2-4-8(10)12)9-5-6-16-11(14)13-9/h2-4,9H,5-6H2,1H3,(H,13,14)/t9-/m0/s1. The molecule has 0 saturated carbocycles. The highest BCUT2D eigenvalue weighted by molar-refractivity contribution is 5.69. The SMILES string of the molecule is COc1c(F)cccc1[C@@H]1CCOC(=O)N1. The monoisotopic (exact) mass is 225 g/mol. The second-order valence-corrected chi connectivity index (χ2v) is 3.48. The number of amides is 1. The smallest absolute Gasteiger partial charge is 0.407 e. The minimum Gasteiger partial charge on any atom is -0.493 e. The maximum absolute atomic E-state index is 13.4. The first kappa shape index (κ1) is 10.7. The molecule has 1 aliphatic rings. The van der Waals surface area contributed by atoms with Crippen molar-refractivity contribution in [2.45, 2.75) is 12.5 Å². The fraction of sp³-hybridized carbons (Fsp3) is 0.364. The number of carbonyl (C=O) groups is 1. The zero-order valence-corrected chi connectivity index (χ0v) is 8.83. The maximum atomic E-state index is 13.4. The summed E-state index contributed by atoms with van der Waals surface area (Å²) in [5.41, 5.74) is 0.638. The number of methoxy groups -OCH3 is 1. The molecule has 1 aromatic carbocycles. The Bertz CT molecular complexity index is 408. The van der Waals surface area contributed by atoms with E-state index in [2.05, 4.69) is 5.32 Å². The van der Waals surface area contributed by atoms with E-state index in [9.17, 15) is 9.18 Å². The number of hydrogen-bond donors (Lipinski definition) is 1. The summed E-state index contributed by atoms with van der Waals surface area (Å²) in [6.07, 6.45) is 0.119. The number of hydrogen-bond acceptors (Lipinski definition) is 3. The Morgan fingerprint density at radius 1 is 1.56 bits per heavy atom. The Balaban J connectivity index is 2.31. The molecule has 1 saturated heterocycles. The molecule has 4 nitrogen and oxygen atoms in total. The van der Waals surface area contributed by atoms with Crippen LogP contribution in [0.15, 0.2) is 18.2 Å². The number of cyclic esters (lactones) is 1. The number of ether oxygens (including phenoxy) is 2. The molecule has 16 heavy (non-hydrogen) atoms. The van der Waals surface area contributed by atoms with Crippen LogP contribution in [0.3, 0.4) is 0 Å². The molecular weight excluding hydrogens is 213 g/mol. The van der Waals surface area contributed by atoms with Crippen LogP contribution in [0, 0.1) is 5.82 Å². The van der Waals surface area contributed by atoms with Crippen LogP contribution < -0.4 is 10.1 Å². The van der Waals surface area contributed by atoms with Crippen LogP contribution in [-0.4, -0.2) is 19.8 Å². The third-order valence-corrected chi connectivity index (χ3v) is 2.51. The largest absolute Gasteiger partial charge is 0.493 e. The van der Waals surface area contributed by atoms with Gasteiger partial charge in [-0.1, -0.05) is 12.1 Å². The van der Waals surface area contributed by atoms with Crippen molar-refractivity contribution in [2.24, 2.45) is 0 Å². The van der Waals surface area contributed by atoms with Crippen molar-refractivity contribution in [3.8, 4) is 5.75 Å². The first-order valence-electron chi connectivity index (χ1n) is 4.98. The second kappa shape index (κ2) is 4.38. The van der Waals surface area contributed by atoms with E-state index in [1.807, 2.05) is 0 Å². The lowest BCUT2D eigenvalue weighted by Gasteiger charge is -2.25. The molecule has 1 heterocycles. The van der Waals surface area contributed by atoms with E-state index in [0.717, 1.165) is 0 Å². The summed E-state index contributed by atoms with van der Waals surface area (Å²) in [6.45, 7) is 0.330. The van der Waals surface area contributed by atoms with Gasteiger partial charge in [0.25, 0.3) is 0 Å². The lowest BCUT2D eigenvalue weighted by Crippen LogP contribution is -2.35. The highest BCUT2D eigenvalue weighted by atomic mass is 19.1. The highest BCUT2D eigenvalue weighted by Gasteiger charge is 2.24. The Hall–Kier alpha value is -1.78. The summed E-state index contributed by atoms with van der Waals surface area (Å²) in [6, 6.07) is 4.39. The van der Waals surface area contributed by atoms with Crippen molar-refractivity contribution in [1.29, 1.82) is 0 Å². The van der Waals surface area contributed by atoms with Crippen molar-refractivity contribution in [3.63, 3.8) is 0 Å². The maximum Gasteiger partial charge on any atom is 0.407 e. The number of benzene rings is 1. The summed E-state index contributed by atoms with van der Waals surface area (Å²) in [5, 5.41) is 2.63. The van der Waals surface area contributed by atoms with Gasteiger partial charge in [0, 0.05) is 12.0 Å². The van der Waals surface area contributed by atoms with Crippen LogP contribution in [0.2, 0.25) is 0 Å². The minimum absolute atomic E-state index is 0.176. The van der Waals surface area contributed by atoms with Crippen LogP contribution >= 0.6 is 0 Å². The van der Waals surface area contributed by atoms with Crippen molar-refractivity contribution < 1.29 is 18.7 Å². The van der Waals surface area contributed by atoms with Crippen molar-refractivity contribution in [1.82, 2.24) is 5.32 Å². The van der Waals surface area contributed by atoms with Gasteiger partial charge in [0.2, 0.25) is 0 Å². The van der Waals surface area contributed by atoms with E-state index in [1.54, 1.807) is 12.1 Å². The van der Waals surface area contributed by atoms with Gasteiger partial charge in [0.1, 0.15) is 0 Å². The van der Waals surface area contributed by atoms with Gasteiger partial charge in [0.05, 0.1) is 19.8 Å². The quantitative estimate of drug-likeness (QED) is 0.837. The van der Waals surface area contributed by atoms with E-state index in [4.69, 9.17) is 9.47 Å². The first-order valence-corrected chi connectivity index (χ1v) is 4.98. The summed E-state index contributed by atoms with van der Waals surface area (Å²) in [7, 11) is 1.41. The van der Waals surface area contributed by atoms with Crippen LogP contribution in [-0.2, 0) is 4.74 Å². The van der Waals surface area contributed by atoms with Gasteiger partial charge < -0.3 is 14.8 Å². The van der Waals surface area contributed by atoms with Crippen LogP contribution in [0.25, 0.3) is 0 Å². The van der Waals surface area contributed by atoms with Gasteiger partial charge in [0.15, 0.2) is 11.6 Å². The Kier molecular flexibility index (Phi) is 2.94. The summed E-state index contributed by atoms with van der Waals surface area (Å²) in [4.78, 5) is 11.1.